The van der Waals surface area contributed by atoms with Crippen molar-refractivity contribution in [3.63, 3.8) is 0 Å². The first-order valence-electron chi connectivity index (χ1n) is 10.6. The highest BCUT2D eigenvalue weighted by atomic mass is 16.5. The number of likely N-dealkylation sites (tertiary alicyclic amines) is 1. The number of ether oxygens (including phenoxy) is 2. The molecule has 1 aliphatic rings. The fourth-order valence-electron chi connectivity index (χ4n) is 4.10. The van der Waals surface area contributed by atoms with Crippen molar-refractivity contribution in [2.45, 2.75) is 26.4 Å². The minimum absolute atomic E-state index is 0.000356. The molecule has 1 fully saturated rings. The SMILES string of the molecule is CCOc1ccc(/C(O)=C2\C(=O)C(=O)N(Cc3ccco3)C2c2ccccc2OC)cc1C. The Hall–Kier alpha value is -4.00. The maximum absolute atomic E-state index is 13.2. The number of rotatable bonds is 7. The minimum atomic E-state index is -0.849. The molecule has 0 aliphatic carbocycles. The minimum Gasteiger partial charge on any atom is -0.507 e. The third-order valence-corrected chi connectivity index (χ3v) is 5.63. The molecule has 1 aliphatic heterocycles. The average molecular weight is 447 g/mol. The number of carbonyl (C=O) groups excluding carboxylic acids is 2. The summed E-state index contributed by atoms with van der Waals surface area (Å²) in [5.74, 6) is -0.0183. The second kappa shape index (κ2) is 9.24. The Morgan fingerprint density at radius 3 is 2.55 bits per heavy atom. The molecule has 0 radical (unpaired) electrons. The Bertz CT molecular complexity index is 1210. The predicted octanol–water partition coefficient (Wildman–Crippen LogP) is 4.62. The summed E-state index contributed by atoms with van der Waals surface area (Å²) in [7, 11) is 1.52. The number of carbonyl (C=O) groups is 2. The Morgan fingerprint density at radius 1 is 1.09 bits per heavy atom. The molecule has 4 rings (SSSR count). The molecule has 3 aromatic rings. The molecule has 0 spiro atoms. The van der Waals surface area contributed by atoms with Crippen LogP contribution in [-0.4, -0.2) is 35.4 Å². The van der Waals surface area contributed by atoms with Crippen molar-refractivity contribution in [3.05, 3.63) is 88.9 Å². The number of methoxy groups -OCH3 is 1. The second-order valence-corrected chi connectivity index (χ2v) is 7.66. The highest BCUT2D eigenvalue weighted by molar-refractivity contribution is 6.46. The molecule has 1 amide bonds. The van der Waals surface area contributed by atoms with E-state index in [-0.39, 0.29) is 17.9 Å². The number of aryl methyl sites for hydroxylation is 1. The second-order valence-electron chi connectivity index (χ2n) is 7.66. The number of aliphatic hydroxyl groups is 1. The number of nitrogens with zero attached hydrogens (tertiary/aromatic N) is 1. The van der Waals surface area contributed by atoms with E-state index >= 15 is 0 Å². The Kier molecular flexibility index (Phi) is 6.22. The number of Topliss-reactive ketones (excluding diaryl/α,β-unsaturated/α-hetero) is 1. The van der Waals surface area contributed by atoms with E-state index in [4.69, 9.17) is 13.9 Å². The monoisotopic (exact) mass is 447 g/mol. The van der Waals surface area contributed by atoms with Gasteiger partial charge in [0.25, 0.3) is 11.7 Å². The van der Waals surface area contributed by atoms with Gasteiger partial charge < -0.3 is 23.9 Å². The van der Waals surface area contributed by atoms with Crippen LogP contribution in [0.25, 0.3) is 5.76 Å². The molecule has 1 saturated heterocycles. The van der Waals surface area contributed by atoms with E-state index < -0.39 is 17.7 Å². The topological polar surface area (TPSA) is 89.2 Å². The predicted molar refractivity (Wildman–Crippen MR) is 122 cm³/mol. The first-order chi connectivity index (χ1) is 16.0. The zero-order valence-corrected chi connectivity index (χ0v) is 18.7. The fourth-order valence-corrected chi connectivity index (χ4v) is 4.10. The van der Waals surface area contributed by atoms with Gasteiger partial charge in [-0.2, -0.15) is 0 Å². The van der Waals surface area contributed by atoms with Gasteiger partial charge in [-0.25, -0.2) is 0 Å². The van der Waals surface area contributed by atoms with Gasteiger partial charge in [0.2, 0.25) is 0 Å². The lowest BCUT2D eigenvalue weighted by Gasteiger charge is -2.25. The van der Waals surface area contributed by atoms with Gasteiger partial charge in [0, 0.05) is 11.1 Å². The summed E-state index contributed by atoms with van der Waals surface area (Å²) in [6.07, 6.45) is 1.51. The molecule has 1 atom stereocenters. The van der Waals surface area contributed by atoms with E-state index in [1.807, 2.05) is 13.8 Å². The normalized spacial score (nSPS) is 17.4. The van der Waals surface area contributed by atoms with Gasteiger partial charge in [0.1, 0.15) is 23.0 Å². The van der Waals surface area contributed by atoms with Gasteiger partial charge in [-0.15, -0.1) is 0 Å². The summed E-state index contributed by atoms with van der Waals surface area (Å²) in [6, 6.07) is 14.9. The summed E-state index contributed by atoms with van der Waals surface area (Å²) in [6.45, 7) is 4.33. The van der Waals surface area contributed by atoms with Crippen molar-refractivity contribution in [3.8, 4) is 11.5 Å². The van der Waals surface area contributed by atoms with Crippen LogP contribution in [-0.2, 0) is 16.1 Å². The zero-order valence-electron chi connectivity index (χ0n) is 18.7. The maximum Gasteiger partial charge on any atom is 0.296 e. The number of hydrogen-bond acceptors (Lipinski definition) is 6. The summed E-state index contributed by atoms with van der Waals surface area (Å²) in [5, 5.41) is 11.3. The average Bonchev–Trinajstić information content (AvgIpc) is 3.42. The number of hydrogen-bond donors (Lipinski definition) is 1. The summed E-state index contributed by atoms with van der Waals surface area (Å²) in [4.78, 5) is 27.7. The Balaban J connectivity index is 1.88. The molecule has 170 valence electrons. The molecular weight excluding hydrogens is 422 g/mol. The zero-order chi connectivity index (χ0) is 23.5. The van der Waals surface area contributed by atoms with Crippen LogP contribution < -0.4 is 9.47 Å². The maximum atomic E-state index is 13.2. The highest BCUT2D eigenvalue weighted by Crippen LogP contribution is 2.43. The van der Waals surface area contributed by atoms with Crippen molar-refractivity contribution in [2.24, 2.45) is 0 Å². The van der Waals surface area contributed by atoms with Crippen molar-refractivity contribution < 1.29 is 28.6 Å². The summed E-state index contributed by atoms with van der Waals surface area (Å²) >= 11 is 0. The first-order valence-corrected chi connectivity index (χ1v) is 10.6. The lowest BCUT2D eigenvalue weighted by molar-refractivity contribution is -0.140. The van der Waals surface area contributed by atoms with Crippen molar-refractivity contribution in [1.82, 2.24) is 4.90 Å². The number of furan rings is 1. The molecule has 33 heavy (non-hydrogen) atoms. The van der Waals surface area contributed by atoms with Crippen LogP contribution in [0.15, 0.2) is 70.9 Å². The van der Waals surface area contributed by atoms with E-state index in [0.717, 1.165) is 5.56 Å². The highest BCUT2D eigenvalue weighted by Gasteiger charge is 2.47. The van der Waals surface area contributed by atoms with Gasteiger partial charge in [0.15, 0.2) is 0 Å². The van der Waals surface area contributed by atoms with Crippen LogP contribution in [0.5, 0.6) is 11.5 Å². The molecule has 0 saturated carbocycles. The molecule has 1 unspecified atom stereocenters. The van der Waals surface area contributed by atoms with E-state index in [1.165, 1.54) is 18.3 Å². The number of ketones is 1. The van der Waals surface area contributed by atoms with E-state index in [2.05, 4.69) is 0 Å². The Morgan fingerprint density at radius 2 is 1.88 bits per heavy atom. The van der Waals surface area contributed by atoms with Crippen molar-refractivity contribution in [1.29, 1.82) is 0 Å². The van der Waals surface area contributed by atoms with Crippen LogP contribution in [0.2, 0.25) is 0 Å². The standard InChI is InChI=1S/C26H25NO6/c1-4-32-20-12-11-17(14-16(20)2)24(28)22-23(19-9-5-6-10-21(19)31-3)27(26(30)25(22)29)15-18-8-7-13-33-18/h5-14,23,28H,4,15H2,1-3H3/b24-22+. The van der Waals surface area contributed by atoms with Gasteiger partial charge in [-0.05, 0) is 55.8 Å². The summed E-state index contributed by atoms with van der Waals surface area (Å²) < 4.78 is 16.5. The van der Waals surface area contributed by atoms with Crippen LogP contribution >= 0.6 is 0 Å². The first kappa shape index (κ1) is 22.2. The van der Waals surface area contributed by atoms with E-state index in [9.17, 15) is 14.7 Å². The van der Waals surface area contributed by atoms with Crippen LogP contribution in [0.3, 0.4) is 0 Å². The molecule has 7 nitrogen and oxygen atoms in total. The Labute approximate surface area is 191 Å². The number of para-hydroxylation sites is 1. The van der Waals surface area contributed by atoms with E-state index in [1.54, 1.807) is 54.6 Å². The fraction of sp³-hybridized carbons (Fsp3) is 0.231. The molecule has 2 heterocycles. The number of amides is 1. The quantitative estimate of drug-likeness (QED) is 0.323. The lowest BCUT2D eigenvalue weighted by atomic mass is 9.94. The molecule has 1 N–H and O–H groups in total. The molecule has 1 aromatic heterocycles. The molecule has 0 bridgehead atoms. The number of aliphatic hydroxyl groups excluding tert-OH is 1. The largest absolute Gasteiger partial charge is 0.507 e. The van der Waals surface area contributed by atoms with Gasteiger partial charge >= 0.3 is 0 Å². The molecule has 7 heteroatoms. The van der Waals surface area contributed by atoms with Crippen molar-refractivity contribution >= 4 is 17.4 Å². The lowest BCUT2D eigenvalue weighted by Crippen LogP contribution is -2.29. The smallest absolute Gasteiger partial charge is 0.296 e. The van der Waals surface area contributed by atoms with E-state index in [0.29, 0.717) is 35.0 Å². The molecule has 2 aromatic carbocycles. The van der Waals surface area contributed by atoms with Crippen LogP contribution in [0.1, 0.15) is 35.4 Å². The van der Waals surface area contributed by atoms with Crippen molar-refractivity contribution in [2.75, 3.05) is 13.7 Å². The van der Waals surface area contributed by atoms with Gasteiger partial charge in [0.05, 0.1) is 38.1 Å². The van der Waals surface area contributed by atoms with Gasteiger partial charge in [-0.1, -0.05) is 18.2 Å². The van der Waals surface area contributed by atoms with Gasteiger partial charge in [-0.3, -0.25) is 9.59 Å². The third kappa shape index (κ3) is 4.09. The number of benzene rings is 2. The third-order valence-electron chi connectivity index (χ3n) is 5.63. The molecular formula is C26H25NO6. The summed E-state index contributed by atoms with van der Waals surface area (Å²) in [5.41, 5.74) is 1.82. The van der Waals surface area contributed by atoms with Crippen LogP contribution in [0.4, 0.5) is 0 Å². The van der Waals surface area contributed by atoms with Crippen LogP contribution in [0, 0.1) is 6.92 Å².